The first-order chi connectivity index (χ1) is 12.5. The highest BCUT2D eigenvalue weighted by Gasteiger charge is 2.22. The van der Waals surface area contributed by atoms with Crippen molar-refractivity contribution < 1.29 is 23.1 Å². The highest BCUT2D eigenvalue weighted by molar-refractivity contribution is 7.92. The van der Waals surface area contributed by atoms with Crippen LogP contribution in [-0.4, -0.2) is 24.5 Å². The number of rotatable bonds is 6. The number of nitrogens with one attached hydrogen (secondary N) is 1. The number of nitrogens with zero attached hydrogens (tertiary/aromatic N) is 1. The number of benzene rings is 2. The summed E-state index contributed by atoms with van der Waals surface area (Å²) in [6.45, 7) is 0. The van der Waals surface area contributed by atoms with Crippen LogP contribution in [0.1, 0.15) is 10.4 Å². The van der Waals surface area contributed by atoms with Crippen LogP contribution in [0.3, 0.4) is 0 Å². The van der Waals surface area contributed by atoms with Crippen LogP contribution < -0.4 is 9.46 Å². The van der Waals surface area contributed by atoms with E-state index in [-0.39, 0.29) is 16.2 Å². The van der Waals surface area contributed by atoms with Crippen molar-refractivity contribution in [3.8, 4) is 11.5 Å². The molecule has 8 heteroatoms. The molecular formula is C18H14N2O5S. The third-order valence-electron chi connectivity index (χ3n) is 3.38. The van der Waals surface area contributed by atoms with E-state index in [1.165, 1.54) is 36.7 Å². The number of hydrogen-bond donors (Lipinski definition) is 2. The summed E-state index contributed by atoms with van der Waals surface area (Å²) in [5.74, 6) is -0.796. The standard InChI is InChI=1S/C18H14N2O5S/c21-18(22)13-6-7-16(25-15-4-2-1-3-5-15)17(12-13)26(23,24)20-14-8-10-19-11-9-14/h1-12H,(H,19,20)(H,21,22). The first-order valence-corrected chi connectivity index (χ1v) is 8.97. The molecule has 0 saturated carbocycles. The number of anilines is 1. The molecule has 0 aliphatic rings. The number of carbonyl (C=O) groups is 1. The molecule has 2 N–H and O–H groups in total. The lowest BCUT2D eigenvalue weighted by molar-refractivity contribution is 0.0696. The molecule has 7 nitrogen and oxygen atoms in total. The van der Waals surface area contributed by atoms with Crippen molar-refractivity contribution in [3.63, 3.8) is 0 Å². The fraction of sp³-hybridized carbons (Fsp3) is 0. The smallest absolute Gasteiger partial charge is 0.335 e. The Morgan fingerprint density at radius 2 is 1.69 bits per heavy atom. The summed E-state index contributed by atoms with van der Waals surface area (Å²) in [5.41, 5.74) is 0.131. The maximum absolute atomic E-state index is 12.8. The fourth-order valence-corrected chi connectivity index (χ4v) is 3.39. The minimum atomic E-state index is -4.09. The van der Waals surface area contributed by atoms with Gasteiger partial charge in [0.1, 0.15) is 16.4 Å². The monoisotopic (exact) mass is 370 g/mol. The molecule has 0 bridgehead atoms. The predicted molar refractivity (Wildman–Crippen MR) is 95.0 cm³/mol. The molecular weight excluding hydrogens is 356 g/mol. The molecule has 1 aromatic heterocycles. The molecule has 0 radical (unpaired) electrons. The van der Waals surface area contributed by atoms with E-state index in [1.807, 2.05) is 0 Å². The Morgan fingerprint density at radius 3 is 2.35 bits per heavy atom. The highest BCUT2D eigenvalue weighted by Crippen LogP contribution is 2.31. The van der Waals surface area contributed by atoms with Crippen LogP contribution in [0.2, 0.25) is 0 Å². The van der Waals surface area contributed by atoms with Gasteiger partial charge in [-0.2, -0.15) is 0 Å². The largest absolute Gasteiger partial charge is 0.478 e. The van der Waals surface area contributed by atoms with Gasteiger partial charge in [0.05, 0.1) is 11.3 Å². The second-order valence-electron chi connectivity index (χ2n) is 5.22. The molecule has 0 fully saturated rings. The van der Waals surface area contributed by atoms with Crippen molar-refractivity contribution in [2.24, 2.45) is 0 Å². The lowest BCUT2D eigenvalue weighted by atomic mass is 10.2. The van der Waals surface area contributed by atoms with Crippen molar-refractivity contribution in [2.75, 3.05) is 4.72 Å². The van der Waals surface area contributed by atoms with Crippen molar-refractivity contribution in [1.29, 1.82) is 0 Å². The quantitative estimate of drug-likeness (QED) is 0.689. The van der Waals surface area contributed by atoms with Gasteiger partial charge in [0, 0.05) is 12.4 Å². The number of aromatic carboxylic acids is 1. The summed E-state index contributed by atoms with van der Waals surface area (Å²) in [7, 11) is -4.09. The Balaban J connectivity index is 2.04. The molecule has 0 amide bonds. The van der Waals surface area contributed by atoms with Crippen LogP contribution in [-0.2, 0) is 10.0 Å². The van der Waals surface area contributed by atoms with Crippen molar-refractivity contribution >= 4 is 21.7 Å². The average molecular weight is 370 g/mol. The summed E-state index contributed by atoms with van der Waals surface area (Å²) in [6.07, 6.45) is 2.87. The third-order valence-corrected chi connectivity index (χ3v) is 4.79. The summed E-state index contributed by atoms with van der Waals surface area (Å²) >= 11 is 0. The van der Waals surface area contributed by atoms with E-state index in [9.17, 15) is 18.3 Å². The van der Waals surface area contributed by atoms with E-state index in [0.29, 0.717) is 11.4 Å². The predicted octanol–water partition coefficient (Wildman–Crippen LogP) is 3.37. The second kappa shape index (κ2) is 7.24. The van der Waals surface area contributed by atoms with Crippen LogP contribution in [0.5, 0.6) is 11.5 Å². The zero-order valence-corrected chi connectivity index (χ0v) is 14.2. The normalized spacial score (nSPS) is 10.9. The van der Waals surface area contributed by atoms with Crippen LogP contribution in [0.15, 0.2) is 78.0 Å². The van der Waals surface area contributed by atoms with Gasteiger partial charge in [-0.05, 0) is 42.5 Å². The third kappa shape index (κ3) is 3.98. The van der Waals surface area contributed by atoms with E-state index in [0.717, 1.165) is 6.07 Å². The first kappa shape index (κ1) is 17.4. The van der Waals surface area contributed by atoms with Crippen LogP contribution in [0.25, 0.3) is 0 Å². The number of sulfonamides is 1. The molecule has 1 heterocycles. The van der Waals surface area contributed by atoms with Crippen molar-refractivity contribution in [3.05, 3.63) is 78.6 Å². The van der Waals surface area contributed by atoms with Gasteiger partial charge < -0.3 is 9.84 Å². The maximum Gasteiger partial charge on any atom is 0.335 e. The first-order valence-electron chi connectivity index (χ1n) is 7.49. The van der Waals surface area contributed by atoms with Crippen LogP contribution >= 0.6 is 0 Å². The molecule has 3 aromatic rings. The summed E-state index contributed by atoms with van der Waals surface area (Å²) in [4.78, 5) is 14.8. The molecule has 0 saturated heterocycles. The van der Waals surface area contributed by atoms with Gasteiger partial charge in [-0.3, -0.25) is 9.71 Å². The zero-order chi connectivity index (χ0) is 18.6. The Kier molecular flexibility index (Phi) is 4.85. The fourth-order valence-electron chi connectivity index (χ4n) is 2.18. The number of para-hydroxylation sites is 1. The summed E-state index contributed by atoms with van der Waals surface area (Å²) in [6, 6.07) is 15.2. The number of aromatic nitrogens is 1. The van der Waals surface area contributed by atoms with E-state index >= 15 is 0 Å². The second-order valence-corrected chi connectivity index (χ2v) is 6.87. The van der Waals surface area contributed by atoms with Gasteiger partial charge in [0.15, 0.2) is 0 Å². The van der Waals surface area contributed by atoms with Crippen molar-refractivity contribution in [2.45, 2.75) is 4.90 Å². The van der Waals surface area contributed by atoms with Gasteiger partial charge in [-0.15, -0.1) is 0 Å². The summed E-state index contributed by atoms with van der Waals surface area (Å²) < 4.78 is 33.6. The molecule has 26 heavy (non-hydrogen) atoms. The Labute approximate surface area is 150 Å². The molecule has 0 unspecified atom stereocenters. The van der Waals surface area contributed by atoms with Gasteiger partial charge >= 0.3 is 5.97 Å². The highest BCUT2D eigenvalue weighted by atomic mass is 32.2. The lowest BCUT2D eigenvalue weighted by Crippen LogP contribution is -2.15. The molecule has 0 aliphatic carbocycles. The topological polar surface area (TPSA) is 106 Å². The number of ether oxygens (including phenoxy) is 1. The van der Waals surface area contributed by atoms with E-state index in [2.05, 4.69) is 9.71 Å². The summed E-state index contributed by atoms with van der Waals surface area (Å²) in [5, 5.41) is 9.18. The molecule has 0 atom stereocenters. The number of hydrogen-bond acceptors (Lipinski definition) is 5. The maximum atomic E-state index is 12.8. The van der Waals surface area contributed by atoms with Gasteiger partial charge in [0.2, 0.25) is 0 Å². The molecule has 132 valence electrons. The molecule has 0 aliphatic heterocycles. The molecule has 3 rings (SSSR count). The molecule has 2 aromatic carbocycles. The number of carboxylic acids is 1. The zero-order valence-electron chi connectivity index (χ0n) is 13.4. The minimum absolute atomic E-state index is 0.0164. The van der Waals surface area contributed by atoms with Gasteiger partial charge in [0.25, 0.3) is 10.0 Å². The SMILES string of the molecule is O=C(O)c1ccc(Oc2ccccc2)c(S(=O)(=O)Nc2ccncc2)c1. The Morgan fingerprint density at radius 1 is 1.00 bits per heavy atom. The Hall–Kier alpha value is -3.39. The van der Waals surface area contributed by atoms with E-state index in [4.69, 9.17) is 4.74 Å². The Bertz CT molecular complexity index is 1020. The number of carboxylic acid groups (broad SMARTS) is 1. The van der Waals surface area contributed by atoms with Crippen molar-refractivity contribution in [1.82, 2.24) is 4.98 Å². The average Bonchev–Trinajstić information content (AvgIpc) is 2.63. The minimum Gasteiger partial charge on any atom is -0.478 e. The van der Waals surface area contributed by atoms with Crippen LogP contribution in [0.4, 0.5) is 5.69 Å². The van der Waals surface area contributed by atoms with Crippen LogP contribution in [0, 0.1) is 0 Å². The lowest BCUT2D eigenvalue weighted by Gasteiger charge is -2.14. The van der Waals surface area contributed by atoms with Gasteiger partial charge in [-0.25, -0.2) is 13.2 Å². The number of pyridine rings is 1. The van der Waals surface area contributed by atoms with Gasteiger partial charge in [-0.1, -0.05) is 18.2 Å². The van der Waals surface area contributed by atoms with E-state index < -0.39 is 16.0 Å². The van der Waals surface area contributed by atoms with E-state index in [1.54, 1.807) is 30.3 Å². The molecule has 0 spiro atoms.